The largest absolute Gasteiger partial charge is 0.514 e. The van der Waals surface area contributed by atoms with E-state index in [4.69, 9.17) is 24.0 Å². The van der Waals surface area contributed by atoms with E-state index in [1.807, 2.05) is 20.8 Å². The fourth-order valence-corrected chi connectivity index (χ4v) is 6.19. The monoisotopic (exact) mass is 800 g/mol. The zero-order chi connectivity index (χ0) is 42.5. The second kappa shape index (κ2) is 17.4. The summed E-state index contributed by atoms with van der Waals surface area (Å²) in [6.07, 6.45) is -0.473. The van der Waals surface area contributed by atoms with Crippen LogP contribution in [-0.4, -0.2) is 61.4 Å². The number of alkyl carbamates (subject to hydrolysis) is 1. The Kier molecular flexibility index (Phi) is 13.6. The Bertz CT molecular complexity index is 1900. The molecule has 0 bridgehead atoms. The average Bonchev–Trinajstić information content (AvgIpc) is 3.71. The lowest BCUT2D eigenvalue weighted by atomic mass is 10.0. The first kappa shape index (κ1) is 44.4. The number of alkyl halides is 2. The number of benzene rings is 1. The smallest absolute Gasteiger partial charge is 0.444 e. The predicted octanol–water partition coefficient (Wildman–Crippen LogP) is 10.0. The van der Waals surface area contributed by atoms with Crippen molar-refractivity contribution in [1.29, 1.82) is 0 Å². The van der Waals surface area contributed by atoms with Crippen LogP contribution in [0.4, 0.5) is 40.4 Å². The first-order chi connectivity index (χ1) is 26.3. The number of halogens is 2. The fraction of sp³-hybridized carbons (Fsp3) is 0.575. The zero-order valence-corrected chi connectivity index (χ0v) is 34.3. The van der Waals surface area contributed by atoms with Crippen molar-refractivity contribution in [2.45, 2.75) is 148 Å². The third-order valence-electron chi connectivity index (χ3n) is 8.73. The zero-order valence-electron chi connectivity index (χ0n) is 34.3. The number of carbonyl (C=O) groups is 3. The lowest BCUT2D eigenvalue weighted by molar-refractivity contribution is -0.384. The van der Waals surface area contributed by atoms with Crippen molar-refractivity contribution in [3.63, 3.8) is 0 Å². The highest BCUT2D eigenvalue weighted by Crippen LogP contribution is 2.41. The molecule has 3 aromatic rings. The van der Waals surface area contributed by atoms with Crippen LogP contribution in [0.5, 0.6) is 5.75 Å². The molecule has 2 amide bonds. The summed E-state index contributed by atoms with van der Waals surface area (Å²) in [5.41, 5.74) is -2.33. The van der Waals surface area contributed by atoms with Crippen molar-refractivity contribution in [3.8, 4) is 5.75 Å². The molecule has 0 saturated heterocycles. The molecule has 0 aliphatic heterocycles. The molecule has 2 heterocycles. The van der Waals surface area contributed by atoms with Crippen molar-refractivity contribution >= 4 is 35.5 Å². The highest BCUT2D eigenvalue weighted by atomic mass is 19.3. The van der Waals surface area contributed by atoms with Crippen LogP contribution >= 0.6 is 0 Å². The van der Waals surface area contributed by atoms with Crippen LogP contribution in [0, 0.1) is 10.1 Å². The number of nitrogens with zero attached hydrogens (tertiary/aromatic N) is 5. The maximum Gasteiger partial charge on any atom is 0.514 e. The SMILES string of the molecule is C[C@@H](CCCC(F)(F)c1cc(N(C(=O)OC(C)(C)C)c2cc([C@H]3CC[C@@H](OC(=O)Oc4ccc([N+](=O)[O-])cc4)C3)nn2C(C)(C)C)ccn1)NC(=O)OC(C)(C)C. The number of anilines is 2. The molecule has 1 aliphatic rings. The van der Waals surface area contributed by atoms with Crippen molar-refractivity contribution in [3.05, 3.63) is 70.2 Å². The second-order valence-electron chi connectivity index (χ2n) is 17.2. The molecular weight excluding hydrogens is 746 g/mol. The van der Waals surface area contributed by atoms with Crippen LogP contribution in [0.15, 0.2) is 48.7 Å². The molecule has 1 fully saturated rings. The lowest BCUT2D eigenvalue weighted by Crippen LogP contribution is -2.37. The molecule has 2 aromatic heterocycles. The van der Waals surface area contributed by atoms with Gasteiger partial charge in [-0.15, -0.1) is 0 Å². The van der Waals surface area contributed by atoms with E-state index in [9.17, 15) is 24.5 Å². The quantitative estimate of drug-likeness (QED) is 0.0606. The van der Waals surface area contributed by atoms with Gasteiger partial charge < -0.3 is 24.3 Å². The molecule has 3 atom stereocenters. The summed E-state index contributed by atoms with van der Waals surface area (Å²) in [6, 6.07) is 8.96. The Morgan fingerprint density at radius 3 is 2.23 bits per heavy atom. The van der Waals surface area contributed by atoms with Gasteiger partial charge in [-0.25, -0.2) is 24.0 Å². The topological polar surface area (TPSA) is 177 Å². The third-order valence-corrected chi connectivity index (χ3v) is 8.73. The number of hydrogen-bond donors (Lipinski definition) is 1. The first-order valence-corrected chi connectivity index (χ1v) is 18.9. The molecular formula is C40H54F2N6O9. The van der Waals surface area contributed by atoms with Crippen molar-refractivity contribution in [1.82, 2.24) is 20.1 Å². The Morgan fingerprint density at radius 2 is 1.63 bits per heavy atom. The van der Waals surface area contributed by atoms with Crippen molar-refractivity contribution in [2.24, 2.45) is 0 Å². The molecule has 1 aliphatic carbocycles. The number of nitro groups is 1. The van der Waals surface area contributed by atoms with E-state index >= 15 is 8.78 Å². The maximum absolute atomic E-state index is 15.8. The standard InChI is InChI=1S/C40H54F2N6O9/c1-25(44-34(49)56-38(5,6)7)12-11-20-40(41,42)32-23-28(19-21-43-32)46(35(50)57-39(8,9)10)33-24-31(45-47(33)37(2,3)4)26-13-16-30(22-26)55-36(51)54-29-17-14-27(15-18-29)48(52)53/h14-15,17-19,21,23-26,30H,11-13,16,20,22H2,1-10H3,(H,44,49)/t25-,26-,30+/m0/s1. The van der Waals surface area contributed by atoms with Gasteiger partial charge in [-0.05, 0) is 126 Å². The predicted molar refractivity (Wildman–Crippen MR) is 207 cm³/mol. The van der Waals surface area contributed by atoms with E-state index in [-0.39, 0.29) is 41.7 Å². The third kappa shape index (κ3) is 12.8. The number of nitrogens with one attached hydrogen (secondary N) is 1. The summed E-state index contributed by atoms with van der Waals surface area (Å²) in [4.78, 5) is 54.3. The van der Waals surface area contributed by atoms with E-state index in [1.54, 1.807) is 59.2 Å². The van der Waals surface area contributed by atoms with Crippen LogP contribution in [0.2, 0.25) is 0 Å². The highest BCUT2D eigenvalue weighted by molar-refractivity contribution is 5.95. The van der Waals surface area contributed by atoms with Gasteiger partial charge in [-0.3, -0.25) is 15.1 Å². The number of rotatable bonds is 12. The van der Waals surface area contributed by atoms with E-state index in [1.165, 1.54) is 47.5 Å². The minimum Gasteiger partial charge on any atom is -0.444 e. The summed E-state index contributed by atoms with van der Waals surface area (Å²) in [7, 11) is 0. The van der Waals surface area contributed by atoms with Gasteiger partial charge in [0.15, 0.2) is 0 Å². The molecule has 4 rings (SSSR count). The Balaban J connectivity index is 1.56. The number of non-ortho nitro benzene ring substituents is 1. The van der Waals surface area contributed by atoms with Crippen LogP contribution in [0.1, 0.15) is 125 Å². The van der Waals surface area contributed by atoms with Gasteiger partial charge in [-0.1, -0.05) is 0 Å². The van der Waals surface area contributed by atoms with Gasteiger partial charge in [0.25, 0.3) is 11.6 Å². The van der Waals surface area contributed by atoms with Crippen LogP contribution in [0.3, 0.4) is 0 Å². The van der Waals surface area contributed by atoms with Crippen molar-refractivity contribution < 1.29 is 47.0 Å². The summed E-state index contributed by atoms with van der Waals surface area (Å²) in [5.74, 6) is -3.21. The average molecular weight is 801 g/mol. The summed E-state index contributed by atoms with van der Waals surface area (Å²) < 4.78 is 55.1. The number of hydrogen-bond acceptors (Lipinski definition) is 11. The Labute approximate surface area is 331 Å². The molecule has 57 heavy (non-hydrogen) atoms. The minimum atomic E-state index is -3.38. The first-order valence-electron chi connectivity index (χ1n) is 18.9. The molecule has 1 saturated carbocycles. The van der Waals surface area contributed by atoms with E-state index in [0.717, 1.165) is 0 Å². The van der Waals surface area contributed by atoms with Gasteiger partial charge in [0.2, 0.25) is 0 Å². The molecule has 1 N–H and O–H groups in total. The van der Waals surface area contributed by atoms with Gasteiger partial charge in [-0.2, -0.15) is 13.9 Å². The van der Waals surface area contributed by atoms with Crippen LogP contribution in [0.25, 0.3) is 0 Å². The number of aromatic nitrogens is 3. The van der Waals surface area contributed by atoms with E-state index in [0.29, 0.717) is 25.0 Å². The number of carbonyl (C=O) groups excluding carboxylic acids is 3. The van der Waals surface area contributed by atoms with Gasteiger partial charge in [0.05, 0.1) is 21.8 Å². The Morgan fingerprint density at radius 1 is 0.982 bits per heavy atom. The molecule has 312 valence electrons. The van der Waals surface area contributed by atoms with Gasteiger partial charge >= 0.3 is 18.3 Å². The van der Waals surface area contributed by atoms with Gasteiger partial charge in [0, 0.05) is 42.8 Å². The molecule has 15 nitrogen and oxygen atoms in total. The Hall–Kier alpha value is -5.35. The highest BCUT2D eigenvalue weighted by Gasteiger charge is 2.38. The number of ether oxygens (including phenoxy) is 4. The number of nitro benzene ring substituents is 1. The minimum absolute atomic E-state index is 0.0622. The maximum atomic E-state index is 15.8. The van der Waals surface area contributed by atoms with Gasteiger partial charge in [0.1, 0.15) is 34.6 Å². The molecule has 17 heteroatoms. The normalized spacial score (nSPS) is 16.7. The van der Waals surface area contributed by atoms with E-state index < -0.39 is 70.2 Å². The van der Waals surface area contributed by atoms with Crippen molar-refractivity contribution in [2.75, 3.05) is 4.90 Å². The molecule has 0 radical (unpaired) electrons. The number of amides is 2. The molecule has 0 unspecified atom stereocenters. The lowest BCUT2D eigenvalue weighted by Gasteiger charge is -2.31. The number of pyridine rings is 1. The molecule has 1 aromatic carbocycles. The molecule has 0 spiro atoms. The van der Waals surface area contributed by atoms with Crippen LogP contribution in [-0.2, 0) is 25.7 Å². The van der Waals surface area contributed by atoms with E-state index in [2.05, 4.69) is 10.3 Å². The fourth-order valence-electron chi connectivity index (χ4n) is 6.19. The summed E-state index contributed by atoms with van der Waals surface area (Å²) in [6.45, 7) is 17.7. The summed E-state index contributed by atoms with van der Waals surface area (Å²) in [5, 5.41) is 18.5. The second-order valence-corrected chi connectivity index (χ2v) is 17.2. The van der Waals surface area contributed by atoms with Crippen LogP contribution < -0.4 is 15.0 Å². The summed E-state index contributed by atoms with van der Waals surface area (Å²) >= 11 is 0.